The molecule has 0 bridgehead atoms. The van der Waals surface area contributed by atoms with E-state index in [1.807, 2.05) is 0 Å². The number of aliphatic carboxylic acids is 1. The molecule has 2 rings (SSSR count). The zero-order valence-corrected chi connectivity index (χ0v) is 9.43. The second kappa shape index (κ2) is 4.83. The lowest BCUT2D eigenvalue weighted by molar-refractivity contribution is -0.136. The fourth-order valence-electron chi connectivity index (χ4n) is 1.64. The monoisotopic (exact) mass is 246 g/mol. The molecular weight excluding hydrogens is 235 g/mol. The van der Waals surface area contributed by atoms with E-state index in [-0.39, 0.29) is 23.6 Å². The van der Waals surface area contributed by atoms with Gasteiger partial charge in [-0.2, -0.15) is 0 Å². The molecule has 0 saturated carbocycles. The Morgan fingerprint density at radius 2 is 2.11 bits per heavy atom. The molecule has 1 aromatic heterocycles. The molecule has 0 saturated heterocycles. The van der Waals surface area contributed by atoms with Crippen LogP contribution >= 0.6 is 0 Å². The van der Waals surface area contributed by atoms with Gasteiger partial charge in [-0.25, -0.2) is 4.39 Å². The molecule has 1 heterocycles. The smallest absolute Gasteiger partial charge is 0.309 e. The Morgan fingerprint density at radius 3 is 2.72 bits per heavy atom. The maximum Gasteiger partial charge on any atom is 0.309 e. The quantitative estimate of drug-likeness (QED) is 0.869. The molecule has 2 aromatic rings. The Morgan fingerprint density at radius 1 is 1.39 bits per heavy atom. The highest BCUT2D eigenvalue weighted by Gasteiger charge is 2.10. The molecule has 0 unspecified atom stereocenters. The minimum atomic E-state index is -1.01. The molecule has 18 heavy (non-hydrogen) atoms. The number of aromatic nitrogens is 1. The maximum absolute atomic E-state index is 13.6. The SMILES string of the molecule is Nc1cc(-c2ccccc2F)cnc1CC(=O)O. The lowest BCUT2D eigenvalue weighted by atomic mass is 10.1. The summed E-state index contributed by atoms with van der Waals surface area (Å²) in [6.07, 6.45) is 1.18. The van der Waals surface area contributed by atoms with Crippen LogP contribution in [-0.2, 0) is 11.2 Å². The van der Waals surface area contributed by atoms with Gasteiger partial charge in [0.15, 0.2) is 0 Å². The number of nitrogens with zero attached hydrogens (tertiary/aromatic N) is 1. The van der Waals surface area contributed by atoms with Gasteiger partial charge in [0, 0.05) is 17.3 Å². The highest BCUT2D eigenvalue weighted by molar-refractivity contribution is 5.74. The highest BCUT2D eigenvalue weighted by atomic mass is 19.1. The zero-order valence-electron chi connectivity index (χ0n) is 9.43. The largest absolute Gasteiger partial charge is 0.481 e. The molecule has 0 fully saturated rings. The van der Waals surface area contributed by atoms with Gasteiger partial charge >= 0.3 is 5.97 Å². The van der Waals surface area contributed by atoms with Gasteiger partial charge in [0.1, 0.15) is 5.82 Å². The Bertz CT molecular complexity index is 599. The average molecular weight is 246 g/mol. The molecule has 92 valence electrons. The van der Waals surface area contributed by atoms with Crippen LogP contribution in [-0.4, -0.2) is 16.1 Å². The van der Waals surface area contributed by atoms with E-state index in [0.29, 0.717) is 11.1 Å². The van der Waals surface area contributed by atoms with Crippen molar-refractivity contribution in [3.05, 3.63) is 48.0 Å². The van der Waals surface area contributed by atoms with Crippen LogP contribution in [0.4, 0.5) is 10.1 Å². The fourth-order valence-corrected chi connectivity index (χ4v) is 1.64. The summed E-state index contributed by atoms with van der Waals surface area (Å²) in [5, 5.41) is 8.67. The summed E-state index contributed by atoms with van der Waals surface area (Å²) in [6.45, 7) is 0. The molecule has 1 aromatic carbocycles. The summed E-state index contributed by atoms with van der Waals surface area (Å²) in [6, 6.07) is 7.79. The van der Waals surface area contributed by atoms with Crippen molar-refractivity contribution in [1.29, 1.82) is 0 Å². The molecule has 0 aliphatic rings. The summed E-state index contributed by atoms with van der Waals surface area (Å²) in [4.78, 5) is 14.5. The minimum absolute atomic E-state index is 0.247. The van der Waals surface area contributed by atoms with Crippen LogP contribution in [0.2, 0.25) is 0 Å². The number of carboxylic acid groups (broad SMARTS) is 1. The van der Waals surface area contributed by atoms with E-state index in [1.54, 1.807) is 18.2 Å². The number of halogens is 1. The number of benzene rings is 1. The van der Waals surface area contributed by atoms with Crippen molar-refractivity contribution < 1.29 is 14.3 Å². The number of pyridine rings is 1. The Balaban J connectivity index is 2.40. The average Bonchev–Trinajstić information content (AvgIpc) is 2.32. The molecule has 5 heteroatoms. The van der Waals surface area contributed by atoms with Crippen molar-refractivity contribution in [3.8, 4) is 11.1 Å². The first-order valence-corrected chi connectivity index (χ1v) is 5.29. The number of anilines is 1. The first-order chi connectivity index (χ1) is 8.58. The molecule has 0 atom stereocenters. The highest BCUT2D eigenvalue weighted by Crippen LogP contribution is 2.24. The first-order valence-electron chi connectivity index (χ1n) is 5.29. The van der Waals surface area contributed by atoms with Crippen molar-refractivity contribution in [2.75, 3.05) is 5.73 Å². The molecular formula is C13H11FN2O2. The van der Waals surface area contributed by atoms with Crippen LogP contribution < -0.4 is 5.73 Å². The Labute approximate surface area is 103 Å². The van der Waals surface area contributed by atoms with Gasteiger partial charge in [-0.05, 0) is 12.1 Å². The van der Waals surface area contributed by atoms with Crippen LogP contribution in [0.15, 0.2) is 36.5 Å². The molecule has 0 radical (unpaired) electrons. The minimum Gasteiger partial charge on any atom is -0.481 e. The van der Waals surface area contributed by atoms with E-state index in [9.17, 15) is 9.18 Å². The van der Waals surface area contributed by atoms with Crippen molar-refractivity contribution in [3.63, 3.8) is 0 Å². The summed E-state index contributed by atoms with van der Waals surface area (Å²) in [5.41, 5.74) is 7.15. The van der Waals surface area contributed by atoms with Crippen molar-refractivity contribution in [2.45, 2.75) is 6.42 Å². The molecule has 3 N–H and O–H groups in total. The van der Waals surface area contributed by atoms with Crippen LogP contribution in [0.3, 0.4) is 0 Å². The number of rotatable bonds is 3. The van der Waals surface area contributed by atoms with Crippen molar-refractivity contribution in [2.24, 2.45) is 0 Å². The molecule has 0 amide bonds. The molecule has 0 aliphatic heterocycles. The van der Waals surface area contributed by atoms with Gasteiger partial charge in [0.2, 0.25) is 0 Å². The number of carbonyl (C=O) groups is 1. The number of nitrogens with two attached hydrogens (primary N) is 1. The summed E-state index contributed by atoms with van der Waals surface area (Å²) in [5.74, 6) is -1.38. The van der Waals surface area contributed by atoms with E-state index < -0.39 is 5.97 Å². The van der Waals surface area contributed by atoms with Crippen LogP contribution in [0.25, 0.3) is 11.1 Å². The third-order valence-electron chi connectivity index (χ3n) is 2.51. The van der Waals surface area contributed by atoms with Crippen molar-refractivity contribution >= 4 is 11.7 Å². The second-order valence-corrected chi connectivity index (χ2v) is 3.81. The number of nitrogen functional groups attached to an aromatic ring is 1. The molecule has 0 spiro atoms. The van der Waals surface area contributed by atoms with E-state index in [0.717, 1.165) is 0 Å². The summed E-state index contributed by atoms with van der Waals surface area (Å²) < 4.78 is 13.6. The third kappa shape index (κ3) is 2.45. The number of hydrogen-bond donors (Lipinski definition) is 2. The maximum atomic E-state index is 13.6. The van der Waals surface area contributed by atoms with E-state index in [4.69, 9.17) is 10.8 Å². The molecule has 0 aliphatic carbocycles. The van der Waals surface area contributed by atoms with Gasteiger partial charge in [0.05, 0.1) is 17.8 Å². The molecule has 4 nitrogen and oxygen atoms in total. The summed E-state index contributed by atoms with van der Waals surface area (Å²) >= 11 is 0. The predicted molar refractivity (Wildman–Crippen MR) is 65.4 cm³/mol. The predicted octanol–water partition coefficient (Wildman–Crippen LogP) is 2.10. The van der Waals surface area contributed by atoms with Gasteiger partial charge < -0.3 is 10.8 Å². The van der Waals surface area contributed by atoms with Gasteiger partial charge in [-0.3, -0.25) is 9.78 Å². The van der Waals surface area contributed by atoms with Gasteiger partial charge in [-0.15, -0.1) is 0 Å². The van der Waals surface area contributed by atoms with Gasteiger partial charge in [-0.1, -0.05) is 18.2 Å². The third-order valence-corrected chi connectivity index (χ3v) is 2.51. The van der Waals surface area contributed by atoms with E-state index >= 15 is 0 Å². The number of hydrogen-bond acceptors (Lipinski definition) is 3. The van der Waals surface area contributed by atoms with Crippen LogP contribution in [0, 0.1) is 5.82 Å². The number of carboxylic acids is 1. The topological polar surface area (TPSA) is 76.2 Å². The summed E-state index contributed by atoms with van der Waals surface area (Å²) in [7, 11) is 0. The fraction of sp³-hybridized carbons (Fsp3) is 0.0769. The lowest BCUT2D eigenvalue weighted by Gasteiger charge is -2.07. The Kier molecular flexibility index (Phi) is 3.23. The van der Waals surface area contributed by atoms with Crippen LogP contribution in [0.1, 0.15) is 5.69 Å². The first kappa shape index (κ1) is 12.0. The zero-order chi connectivity index (χ0) is 13.1. The van der Waals surface area contributed by atoms with Crippen molar-refractivity contribution in [1.82, 2.24) is 4.98 Å². The normalized spacial score (nSPS) is 10.3. The van der Waals surface area contributed by atoms with Gasteiger partial charge in [0.25, 0.3) is 0 Å². The standard InChI is InChI=1S/C13H11FN2O2/c14-10-4-2-1-3-9(10)8-5-11(15)12(16-7-8)6-13(17)18/h1-5,7H,6,15H2,(H,17,18). The van der Waals surface area contributed by atoms with Crippen LogP contribution in [0.5, 0.6) is 0 Å². The van der Waals surface area contributed by atoms with E-state index in [2.05, 4.69) is 4.98 Å². The second-order valence-electron chi connectivity index (χ2n) is 3.81. The lowest BCUT2D eigenvalue weighted by Crippen LogP contribution is -2.06. The van der Waals surface area contributed by atoms with E-state index in [1.165, 1.54) is 18.3 Å². The Hall–Kier alpha value is -2.43.